The molecule has 0 unspecified atom stereocenters. The van der Waals surface area contributed by atoms with Gasteiger partial charge in [-0.25, -0.2) is 8.42 Å². The van der Waals surface area contributed by atoms with Gasteiger partial charge in [0.05, 0.1) is 11.4 Å². The molecule has 0 bridgehead atoms. The van der Waals surface area contributed by atoms with Gasteiger partial charge in [-0.15, -0.1) is 6.42 Å². The maximum absolute atomic E-state index is 11.2. The van der Waals surface area contributed by atoms with Crippen LogP contribution in [0, 0.1) is 12.3 Å². The summed E-state index contributed by atoms with van der Waals surface area (Å²) in [5.41, 5.74) is 1.01. The minimum Gasteiger partial charge on any atom is -0.302 e. The molecule has 0 aliphatic carbocycles. The van der Waals surface area contributed by atoms with Crippen molar-refractivity contribution in [2.45, 2.75) is 11.4 Å². The molecule has 0 aromatic heterocycles. The molecule has 80 valence electrons. The average Bonchev–Trinajstić information content (AvgIpc) is 2.18. The molecule has 1 N–H and O–H groups in total. The molecular formula is C11H13NO2S. The summed E-state index contributed by atoms with van der Waals surface area (Å²) < 4.78 is 22.3. The van der Waals surface area contributed by atoms with Crippen molar-refractivity contribution in [3.05, 3.63) is 29.8 Å². The lowest BCUT2D eigenvalue weighted by atomic mass is 10.2. The maximum Gasteiger partial charge on any atom is 0.175 e. The molecule has 0 fully saturated rings. The van der Waals surface area contributed by atoms with Crippen molar-refractivity contribution in [2.75, 3.05) is 12.8 Å². The van der Waals surface area contributed by atoms with E-state index in [-0.39, 0.29) is 0 Å². The van der Waals surface area contributed by atoms with Gasteiger partial charge in [-0.1, -0.05) is 18.1 Å². The molecule has 0 aliphatic heterocycles. The summed E-state index contributed by atoms with van der Waals surface area (Å²) in [6, 6.07) is 6.75. The van der Waals surface area contributed by atoms with E-state index in [2.05, 4.69) is 11.2 Å². The monoisotopic (exact) mass is 223 g/mol. The first-order valence-corrected chi connectivity index (χ1v) is 6.36. The van der Waals surface area contributed by atoms with Crippen LogP contribution in [-0.4, -0.2) is 21.2 Å². The second-order valence-electron chi connectivity index (χ2n) is 3.22. The van der Waals surface area contributed by atoms with Crippen LogP contribution in [0.15, 0.2) is 29.2 Å². The van der Waals surface area contributed by atoms with Crippen LogP contribution >= 0.6 is 0 Å². The number of hydrogen-bond donors (Lipinski definition) is 1. The largest absolute Gasteiger partial charge is 0.302 e. The third kappa shape index (κ3) is 3.74. The van der Waals surface area contributed by atoms with Crippen molar-refractivity contribution in [3.8, 4) is 12.3 Å². The summed E-state index contributed by atoms with van der Waals surface area (Å²) >= 11 is 0. The molecule has 1 rings (SSSR count). The first-order chi connectivity index (χ1) is 7.04. The van der Waals surface area contributed by atoms with E-state index in [1.165, 1.54) is 6.26 Å². The van der Waals surface area contributed by atoms with Crippen molar-refractivity contribution in [3.63, 3.8) is 0 Å². The first kappa shape index (κ1) is 11.8. The van der Waals surface area contributed by atoms with Crippen LogP contribution in [0.4, 0.5) is 0 Å². The standard InChI is InChI=1S/C11H13NO2S/c1-3-8-12-9-10-4-6-11(7-5-10)15(2,13)14/h1,4-7,12H,8-9H2,2H3. The Balaban J connectivity index is 2.70. The highest BCUT2D eigenvalue weighted by atomic mass is 32.2. The summed E-state index contributed by atoms with van der Waals surface area (Å²) in [6.07, 6.45) is 6.28. The van der Waals surface area contributed by atoms with Crippen LogP contribution in [0.3, 0.4) is 0 Å². The second-order valence-corrected chi connectivity index (χ2v) is 5.24. The van der Waals surface area contributed by atoms with Gasteiger partial charge < -0.3 is 5.32 Å². The van der Waals surface area contributed by atoms with E-state index in [9.17, 15) is 8.42 Å². The van der Waals surface area contributed by atoms with Crippen molar-refractivity contribution in [1.82, 2.24) is 5.32 Å². The summed E-state index contributed by atoms with van der Waals surface area (Å²) in [5, 5.41) is 3.02. The number of hydrogen-bond acceptors (Lipinski definition) is 3. The predicted molar refractivity (Wildman–Crippen MR) is 60.1 cm³/mol. The van der Waals surface area contributed by atoms with Crippen LogP contribution in [0.2, 0.25) is 0 Å². The molecule has 0 aliphatic rings. The number of benzene rings is 1. The van der Waals surface area contributed by atoms with Crippen LogP contribution in [0.5, 0.6) is 0 Å². The normalized spacial score (nSPS) is 10.9. The zero-order valence-corrected chi connectivity index (χ0v) is 9.34. The number of nitrogens with one attached hydrogen (secondary N) is 1. The van der Waals surface area contributed by atoms with Gasteiger partial charge in [-0.3, -0.25) is 0 Å². The van der Waals surface area contributed by atoms with E-state index in [1.807, 2.05) is 0 Å². The van der Waals surface area contributed by atoms with E-state index >= 15 is 0 Å². The topological polar surface area (TPSA) is 46.2 Å². The molecule has 0 saturated heterocycles. The van der Waals surface area contributed by atoms with Crippen LogP contribution < -0.4 is 5.32 Å². The smallest absolute Gasteiger partial charge is 0.175 e. The Morgan fingerprint density at radius 1 is 1.33 bits per heavy atom. The Hall–Kier alpha value is -1.31. The van der Waals surface area contributed by atoms with Gasteiger partial charge in [0.1, 0.15) is 0 Å². The SMILES string of the molecule is C#CCNCc1ccc(S(C)(=O)=O)cc1. The highest BCUT2D eigenvalue weighted by molar-refractivity contribution is 7.90. The summed E-state index contributed by atoms with van der Waals surface area (Å²) in [4.78, 5) is 0.336. The van der Waals surface area contributed by atoms with E-state index in [0.717, 1.165) is 5.56 Å². The van der Waals surface area contributed by atoms with Crippen LogP contribution in [0.1, 0.15) is 5.56 Å². The second kappa shape index (κ2) is 4.96. The van der Waals surface area contributed by atoms with Crippen molar-refractivity contribution >= 4 is 9.84 Å². The fourth-order valence-corrected chi connectivity index (χ4v) is 1.76. The van der Waals surface area contributed by atoms with Gasteiger partial charge in [0, 0.05) is 12.8 Å². The highest BCUT2D eigenvalue weighted by Gasteiger charge is 2.05. The van der Waals surface area contributed by atoms with E-state index in [4.69, 9.17) is 6.42 Å². The van der Waals surface area contributed by atoms with Gasteiger partial charge in [0.2, 0.25) is 0 Å². The van der Waals surface area contributed by atoms with Gasteiger partial charge in [-0.05, 0) is 17.7 Å². The third-order valence-electron chi connectivity index (χ3n) is 1.91. The van der Waals surface area contributed by atoms with Gasteiger partial charge in [0.25, 0.3) is 0 Å². The molecule has 0 saturated carbocycles. The fourth-order valence-electron chi connectivity index (χ4n) is 1.13. The lowest BCUT2D eigenvalue weighted by molar-refractivity contribution is 0.602. The Morgan fingerprint density at radius 2 is 1.93 bits per heavy atom. The Bertz CT molecular complexity index is 454. The molecule has 15 heavy (non-hydrogen) atoms. The van der Waals surface area contributed by atoms with Crippen LogP contribution in [-0.2, 0) is 16.4 Å². The van der Waals surface area contributed by atoms with E-state index in [1.54, 1.807) is 24.3 Å². The Morgan fingerprint density at radius 3 is 2.40 bits per heavy atom. The van der Waals surface area contributed by atoms with Gasteiger partial charge >= 0.3 is 0 Å². The lowest BCUT2D eigenvalue weighted by Gasteiger charge is -2.02. The third-order valence-corrected chi connectivity index (χ3v) is 3.04. The molecule has 0 atom stereocenters. The lowest BCUT2D eigenvalue weighted by Crippen LogP contribution is -2.12. The molecule has 1 aromatic carbocycles. The molecule has 0 amide bonds. The molecule has 0 spiro atoms. The molecular weight excluding hydrogens is 210 g/mol. The zero-order chi connectivity index (χ0) is 11.3. The molecule has 0 heterocycles. The minimum absolute atomic E-state index is 0.336. The molecule has 0 radical (unpaired) electrons. The number of sulfone groups is 1. The van der Waals surface area contributed by atoms with E-state index in [0.29, 0.717) is 18.0 Å². The zero-order valence-electron chi connectivity index (χ0n) is 8.53. The van der Waals surface area contributed by atoms with Gasteiger partial charge in [0.15, 0.2) is 9.84 Å². The quantitative estimate of drug-likeness (QED) is 0.607. The number of terminal acetylenes is 1. The van der Waals surface area contributed by atoms with Crippen molar-refractivity contribution < 1.29 is 8.42 Å². The van der Waals surface area contributed by atoms with Crippen molar-refractivity contribution in [1.29, 1.82) is 0 Å². The minimum atomic E-state index is -3.10. The first-order valence-electron chi connectivity index (χ1n) is 4.47. The summed E-state index contributed by atoms with van der Waals surface area (Å²) in [6.45, 7) is 1.15. The summed E-state index contributed by atoms with van der Waals surface area (Å²) in [5.74, 6) is 2.47. The van der Waals surface area contributed by atoms with Gasteiger partial charge in [-0.2, -0.15) is 0 Å². The Kier molecular flexibility index (Phi) is 3.89. The molecule has 3 nitrogen and oxygen atoms in total. The fraction of sp³-hybridized carbons (Fsp3) is 0.273. The predicted octanol–water partition coefficient (Wildman–Crippen LogP) is 0.813. The summed E-state index contributed by atoms with van der Waals surface area (Å²) in [7, 11) is -3.10. The highest BCUT2D eigenvalue weighted by Crippen LogP contribution is 2.09. The molecule has 1 aromatic rings. The van der Waals surface area contributed by atoms with Crippen molar-refractivity contribution in [2.24, 2.45) is 0 Å². The average molecular weight is 223 g/mol. The van der Waals surface area contributed by atoms with E-state index < -0.39 is 9.84 Å². The Labute approximate surface area is 90.4 Å². The molecule has 4 heteroatoms. The van der Waals surface area contributed by atoms with Crippen LogP contribution in [0.25, 0.3) is 0 Å². The maximum atomic E-state index is 11.2. The number of rotatable bonds is 4.